The smallest absolute Gasteiger partial charge is 0.240 e. The van der Waals surface area contributed by atoms with E-state index in [4.69, 9.17) is 4.52 Å². The summed E-state index contributed by atoms with van der Waals surface area (Å²) in [5.41, 5.74) is 2.49. The van der Waals surface area contributed by atoms with Crippen molar-refractivity contribution in [1.29, 1.82) is 0 Å². The molecule has 2 aromatic heterocycles. The number of aryl methyl sites for hydroxylation is 1. The van der Waals surface area contributed by atoms with Crippen LogP contribution in [0.5, 0.6) is 0 Å². The molecule has 0 amide bonds. The lowest BCUT2D eigenvalue weighted by atomic mass is 10.1. The molecule has 2 heterocycles. The van der Waals surface area contributed by atoms with Gasteiger partial charge in [0.15, 0.2) is 5.82 Å². The third-order valence-electron chi connectivity index (χ3n) is 3.66. The zero-order chi connectivity index (χ0) is 13.9. The van der Waals surface area contributed by atoms with E-state index in [2.05, 4.69) is 40.1 Å². The maximum absolute atomic E-state index is 5.32. The van der Waals surface area contributed by atoms with Crippen LogP contribution in [0.3, 0.4) is 0 Å². The SMILES string of the molecule is Cc1cnccc1CN(C)Cc1nc(CC2CC2)no1. The monoisotopic (exact) mass is 272 g/mol. The van der Waals surface area contributed by atoms with Crippen LogP contribution in [0, 0.1) is 12.8 Å². The average molecular weight is 272 g/mol. The van der Waals surface area contributed by atoms with Gasteiger partial charge >= 0.3 is 0 Å². The van der Waals surface area contributed by atoms with Gasteiger partial charge in [-0.2, -0.15) is 4.98 Å². The van der Waals surface area contributed by atoms with E-state index in [1.807, 2.05) is 12.4 Å². The van der Waals surface area contributed by atoms with Gasteiger partial charge in [0.1, 0.15) is 0 Å². The molecule has 0 radical (unpaired) electrons. The van der Waals surface area contributed by atoms with Crippen molar-refractivity contribution in [1.82, 2.24) is 20.0 Å². The van der Waals surface area contributed by atoms with Gasteiger partial charge in [-0.1, -0.05) is 5.16 Å². The van der Waals surface area contributed by atoms with Crippen LogP contribution in [0.2, 0.25) is 0 Å². The lowest BCUT2D eigenvalue weighted by molar-refractivity contribution is 0.260. The molecular weight excluding hydrogens is 252 g/mol. The van der Waals surface area contributed by atoms with Gasteiger partial charge in [0.05, 0.1) is 6.54 Å². The van der Waals surface area contributed by atoms with Crippen LogP contribution in [0.4, 0.5) is 0 Å². The highest BCUT2D eigenvalue weighted by molar-refractivity contribution is 5.21. The fourth-order valence-electron chi connectivity index (χ4n) is 2.27. The molecule has 0 N–H and O–H groups in total. The molecule has 1 saturated carbocycles. The van der Waals surface area contributed by atoms with E-state index in [1.165, 1.54) is 24.0 Å². The molecule has 2 aromatic rings. The van der Waals surface area contributed by atoms with E-state index in [1.54, 1.807) is 0 Å². The van der Waals surface area contributed by atoms with E-state index in [0.717, 1.165) is 24.7 Å². The summed E-state index contributed by atoms with van der Waals surface area (Å²) in [6, 6.07) is 2.05. The van der Waals surface area contributed by atoms with Crippen molar-refractivity contribution in [3.63, 3.8) is 0 Å². The van der Waals surface area contributed by atoms with Crippen LogP contribution in [0.25, 0.3) is 0 Å². The lowest BCUT2D eigenvalue weighted by Crippen LogP contribution is -2.18. The number of pyridine rings is 1. The van der Waals surface area contributed by atoms with Gasteiger partial charge in [-0.3, -0.25) is 9.88 Å². The maximum Gasteiger partial charge on any atom is 0.240 e. The summed E-state index contributed by atoms with van der Waals surface area (Å²) >= 11 is 0. The molecule has 0 aliphatic heterocycles. The van der Waals surface area contributed by atoms with Crippen LogP contribution < -0.4 is 0 Å². The molecule has 0 saturated heterocycles. The summed E-state index contributed by atoms with van der Waals surface area (Å²) in [5, 5.41) is 4.05. The van der Waals surface area contributed by atoms with E-state index in [9.17, 15) is 0 Å². The third kappa shape index (κ3) is 3.42. The van der Waals surface area contributed by atoms with Crippen molar-refractivity contribution in [3.8, 4) is 0 Å². The van der Waals surface area contributed by atoms with Crippen molar-refractivity contribution >= 4 is 0 Å². The minimum atomic E-state index is 0.680. The zero-order valence-electron chi connectivity index (χ0n) is 12.0. The first-order chi connectivity index (χ1) is 9.70. The Morgan fingerprint density at radius 2 is 2.20 bits per heavy atom. The van der Waals surface area contributed by atoms with Crippen molar-refractivity contribution < 1.29 is 4.52 Å². The van der Waals surface area contributed by atoms with E-state index in [0.29, 0.717) is 12.4 Å². The van der Waals surface area contributed by atoms with Gasteiger partial charge in [-0.25, -0.2) is 0 Å². The van der Waals surface area contributed by atoms with Gasteiger partial charge in [0.25, 0.3) is 0 Å². The summed E-state index contributed by atoms with van der Waals surface area (Å²) < 4.78 is 5.32. The predicted octanol–water partition coefficient (Wildman–Crippen LogP) is 2.36. The number of rotatable bonds is 6. The summed E-state index contributed by atoms with van der Waals surface area (Å²) in [6.45, 7) is 3.62. The van der Waals surface area contributed by atoms with Crippen LogP contribution >= 0.6 is 0 Å². The lowest BCUT2D eigenvalue weighted by Gasteiger charge is -2.15. The van der Waals surface area contributed by atoms with Gasteiger partial charge in [-0.05, 0) is 49.9 Å². The fraction of sp³-hybridized carbons (Fsp3) is 0.533. The zero-order valence-corrected chi connectivity index (χ0v) is 12.0. The van der Waals surface area contributed by atoms with E-state index < -0.39 is 0 Å². The molecule has 20 heavy (non-hydrogen) atoms. The van der Waals surface area contributed by atoms with Gasteiger partial charge in [0, 0.05) is 25.4 Å². The molecule has 0 spiro atoms. The van der Waals surface area contributed by atoms with E-state index >= 15 is 0 Å². The third-order valence-corrected chi connectivity index (χ3v) is 3.66. The topological polar surface area (TPSA) is 55.1 Å². The molecule has 1 aliphatic carbocycles. The Kier molecular flexibility index (Phi) is 3.78. The number of hydrogen-bond acceptors (Lipinski definition) is 5. The molecule has 1 aliphatic rings. The predicted molar refractivity (Wildman–Crippen MR) is 74.9 cm³/mol. The molecule has 0 aromatic carbocycles. The first-order valence-electron chi connectivity index (χ1n) is 7.10. The fourth-order valence-corrected chi connectivity index (χ4v) is 2.27. The second kappa shape index (κ2) is 5.71. The molecule has 5 nitrogen and oxygen atoms in total. The Bertz CT molecular complexity index is 577. The Hall–Kier alpha value is -1.75. The molecule has 0 bridgehead atoms. The molecule has 1 fully saturated rings. The highest BCUT2D eigenvalue weighted by Gasteiger charge is 2.24. The quantitative estimate of drug-likeness (QED) is 0.808. The van der Waals surface area contributed by atoms with Gasteiger partial charge in [0.2, 0.25) is 5.89 Å². The summed E-state index contributed by atoms with van der Waals surface area (Å²) in [6.07, 6.45) is 7.31. The standard InChI is InChI=1S/C15H20N4O/c1-11-8-16-6-5-13(11)9-19(2)10-15-17-14(18-20-15)7-12-3-4-12/h5-6,8,12H,3-4,7,9-10H2,1-2H3. The van der Waals surface area contributed by atoms with E-state index in [-0.39, 0.29) is 0 Å². The maximum atomic E-state index is 5.32. The largest absolute Gasteiger partial charge is 0.338 e. The number of hydrogen-bond donors (Lipinski definition) is 0. The molecular formula is C15H20N4O. The van der Waals surface area contributed by atoms with Crippen molar-refractivity contribution in [2.24, 2.45) is 5.92 Å². The molecule has 3 rings (SSSR count). The highest BCUT2D eigenvalue weighted by Crippen LogP contribution is 2.31. The second-order valence-corrected chi connectivity index (χ2v) is 5.73. The Balaban J connectivity index is 1.56. The van der Waals surface area contributed by atoms with Crippen LogP contribution in [0.15, 0.2) is 23.0 Å². The van der Waals surface area contributed by atoms with Crippen LogP contribution in [-0.2, 0) is 19.5 Å². The van der Waals surface area contributed by atoms with Gasteiger partial charge < -0.3 is 4.52 Å². The highest BCUT2D eigenvalue weighted by atomic mass is 16.5. The molecule has 5 heteroatoms. The summed E-state index contributed by atoms with van der Waals surface area (Å²) in [4.78, 5) is 10.8. The van der Waals surface area contributed by atoms with Crippen LogP contribution in [-0.4, -0.2) is 27.1 Å². The normalized spacial score (nSPS) is 14.9. The Labute approximate surface area is 119 Å². The minimum Gasteiger partial charge on any atom is -0.338 e. The Morgan fingerprint density at radius 3 is 2.95 bits per heavy atom. The van der Waals surface area contributed by atoms with Crippen molar-refractivity contribution in [2.75, 3.05) is 7.05 Å². The molecule has 0 atom stereocenters. The molecule has 106 valence electrons. The number of nitrogens with zero attached hydrogens (tertiary/aromatic N) is 4. The minimum absolute atomic E-state index is 0.680. The first-order valence-corrected chi connectivity index (χ1v) is 7.10. The number of aromatic nitrogens is 3. The van der Waals surface area contributed by atoms with Crippen LogP contribution in [0.1, 0.15) is 35.7 Å². The van der Waals surface area contributed by atoms with Gasteiger partial charge in [-0.15, -0.1) is 0 Å². The second-order valence-electron chi connectivity index (χ2n) is 5.73. The average Bonchev–Trinajstić information content (AvgIpc) is 3.12. The summed E-state index contributed by atoms with van der Waals surface area (Å²) in [5.74, 6) is 2.35. The first kappa shape index (κ1) is 13.2. The van der Waals surface area contributed by atoms with Crippen molar-refractivity contribution in [3.05, 3.63) is 41.3 Å². The molecule has 0 unspecified atom stereocenters. The van der Waals surface area contributed by atoms with Crippen molar-refractivity contribution in [2.45, 2.75) is 39.3 Å². The summed E-state index contributed by atoms with van der Waals surface area (Å²) in [7, 11) is 2.06. The Morgan fingerprint density at radius 1 is 1.35 bits per heavy atom.